The summed E-state index contributed by atoms with van der Waals surface area (Å²) in [7, 11) is 0. The van der Waals surface area contributed by atoms with Crippen LogP contribution in [-0.4, -0.2) is 38.1 Å². The minimum atomic E-state index is -0.200. The highest BCUT2D eigenvalue weighted by Gasteiger charge is 2.25. The third kappa shape index (κ3) is 2.83. The van der Waals surface area contributed by atoms with E-state index in [1.54, 1.807) is 18.7 Å². The molecule has 0 bridgehead atoms. The van der Waals surface area contributed by atoms with Gasteiger partial charge in [0.25, 0.3) is 5.91 Å². The lowest BCUT2D eigenvalue weighted by Gasteiger charge is -2.30. The first-order valence-corrected chi connectivity index (χ1v) is 6.49. The van der Waals surface area contributed by atoms with E-state index in [-0.39, 0.29) is 18.2 Å². The van der Waals surface area contributed by atoms with Crippen LogP contribution in [0.5, 0.6) is 0 Å². The molecular weight excluding hydrogens is 258 g/mol. The summed E-state index contributed by atoms with van der Waals surface area (Å²) >= 11 is 0. The van der Waals surface area contributed by atoms with Crippen LogP contribution in [0.15, 0.2) is 37.3 Å². The van der Waals surface area contributed by atoms with Gasteiger partial charge in [0, 0.05) is 37.3 Å². The van der Waals surface area contributed by atoms with E-state index in [0.717, 1.165) is 6.42 Å². The molecule has 1 saturated heterocycles. The van der Waals surface area contributed by atoms with E-state index in [0.29, 0.717) is 18.7 Å². The molecule has 1 aliphatic rings. The van der Waals surface area contributed by atoms with E-state index in [4.69, 9.17) is 4.74 Å². The van der Waals surface area contributed by atoms with Gasteiger partial charge in [-0.1, -0.05) is 0 Å². The number of rotatable bonds is 3. The van der Waals surface area contributed by atoms with E-state index in [9.17, 15) is 4.79 Å². The maximum atomic E-state index is 12.0. The van der Waals surface area contributed by atoms with E-state index in [1.807, 2.05) is 10.8 Å². The summed E-state index contributed by atoms with van der Waals surface area (Å²) < 4.78 is 7.59. The van der Waals surface area contributed by atoms with Gasteiger partial charge >= 0.3 is 0 Å². The van der Waals surface area contributed by atoms with Crippen LogP contribution in [0, 0.1) is 0 Å². The van der Waals surface area contributed by atoms with Crippen LogP contribution in [0.1, 0.15) is 29.6 Å². The number of hydrogen-bond donors (Lipinski definition) is 1. The predicted octanol–water partition coefficient (Wildman–Crippen LogP) is 0.781. The van der Waals surface area contributed by atoms with Gasteiger partial charge in [0.05, 0.1) is 19.1 Å². The van der Waals surface area contributed by atoms with Gasteiger partial charge in [0.15, 0.2) is 0 Å². The van der Waals surface area contributed by atoms with Gasteiger partial charge < -0.3 is 14.6 Å². The Kier molecular flexibility index (Phi) is 3.69. The number of aromatic nitrogens is 4. The molecule has 0 saturated carbocycles. The number of hydrogen-bond acceptors (Lipinski definition) is 5. The summed E-state index contributed by atoms with van der Waals surface area (Å²) in [5, 5.41) is 2.97. The first-order chi connectivity index (χ1) is 9.83. The fourth-order valence-electron chi connectivity index (χ4n) is 2.23. The molecule has 20 heavy (non-hydrogen) atoms. The molecule has 2 atom stereocenters. The zero-order valence-corrected chi connectivity index (χ0v) is 10.8. The molecule has 0 aromatic carbocycles. The molecule has 3 rings (SSSR count). The largest absolute Gasteiger partial charge is 0.358 e. The van der Waals surface area contributed by atoms with Crippen molar-refractivity contribution in [3.05, 3.63) is 43.0 Å². The van der Waals surface area contributed by atoms with Gasteiger partial charge in [-0.3, -0.25) is 9.78 Å². The number of ether oxygens (including phenoxy) is 1. The zero-order chi connectivity index (χ0) is 13.8. The number of amides is 1. The summed E-state index contributed by atoms with van der Waals surface area (Å²) in [4.78, 5) is 23.9. The molecule has 7 nitrogen and oxygen atoms in total. The predicted molar refractivity (Wildman–Crippen MR) is 69.7 cm³/mol. The Morgan fingerprint density at radius 2 is 2.30 bits per heavy atom. The SMILES string of the molecule is O=C(NC1CCOC(n2ccnc2)C1)c1cnccn1. The van der Waals surface area contributed by atoms with Gasteiger partial charge in [-0.25, -0.2) is 9.97 Å². The Morgan fingerprint density at radius 1 is 1.35 bits per heavy atom. The topological polar surface area (TPSA) is 81.9 Å². The quantitative estimate of drug-likeness (QED) is 0.893. The molecule has 7 heteroatoms. The number of nitrogens with one attached hydrogen (secondary N) is 1. The second kappa shape index (κ2) is 5.79. The van der Waals surface area contributed by atoms with Crippen LogP contribution in [-0.2, 0) is 4.74 Å². The molecular formula is C13H15N5O2. The van der Waals surface area contributed by atoms with Gasteiger partial charge in [-0.2, -0.15) is 0 Å². The third-order valence-electron chi connectivity index (χ3n) is 3.25. The highest BCUT2D eigenvalue weighted by molar-refractivity contribution is 5.92. The standard InChI is InChI=1S/C13H15N5O2/c19-13(11-8-14-2-3-16-11)17-10-1-6-20-12(7-10)18-5-4-15-9-18/h2-5,8-10,12H,1,6-7H2,(H,17,19). The van der Waals surface area contributed by atoms with Gasteiger partial charge in [0.2, 0.25) is 0 Å². The fraction of sp³-hybridized carbons (Fsp3) is 0.385. The van der Waals surface area contributed by atoms with Crippen LogP contribution in [0.25, 0.3) is 0 Å². The van der Waals surface area contributed by atoms with Crippen molar-refractivity contribution in [2.75, 3.05) is 6.61 Å². The van der Waals surface area contributed by atoms with Crippen LogP contribution >= 0.6 is 0 Å². The van der Waals surface area contributed by atoms with Crippen molar-refractivity contribution in [1.82, 2.24) is 24.8 Å². The molecule has 2 aromatic heterocycles. The average Bonchev–Trinajstić information content (AvgIpc) is 3.03. The van der Waals surface area contributed by atoms with Crippen LogP contribution in [0.4, 0.5) is 0 Å². The van der Waals surface area contributed by atoms with Crippen LogP contribution in [0.3, 0.4) is 0 Å². The Hall–Kier alpha value is -2.28. The van der Waals surface area contributed by atoms with E-state index in [2.05, 4.69) is 20.3 Å². The summed E-state index contributed by atoms with van der Waals surface area (Å²) in [6.07, 6.45) is 11.2. The number of carbonyl (C=O) groups excluding carboxylic acids is 1. The van der Waals surface area contributed by atoms with Crippen molar-refractivity contribution in [3.63, 3.8) is 0 Å². The van der Waals surface area contributed by atoms with Gasteiger partial charge in [-0.15, -0.1) is 0 Å². The minimum Gasteiger partial charge on any atom is -0.358 e. The highest BCUT2D eigenvalue weighted by atomic mass is 16.5. The van der Waals surface area contributed by atoms with Crippen molar-refractivity contribution in [2.45, 2.75) is 25.1 Å². The Balaban J connectivity index is 1.62. The monoisotopic (exact) mass is 273 g/mol. The normalized spacial score (nSPS) is 22.4. The van der Waals surface area contributed by atoms with E-state index < -0.39 is 0 Å². The molecule has 104 valence electrons. The lowest BCUT2D eigenvalue weighted by Crippen LogP contribution is -2.41. The fourth-order valence-corrected chi connectivity index (χ4v) is 2.23. The van der Waals surface area contributed by atoms with Gasteiger partial charge in [0.1, 0.15) is 11.9 Å². The Labute approximate surface area is 116 Å². The molecule has 2 unspecified atom stereocenters. The molecule has 3 heterocycles. The average molecular weight is 273 g/mol. The van der Waals surface area contributed by atoms with Crippen LogP contribution < -0.4 is 5.32 Å². The first-order valence-electron chi connectivity index (χ1n) is 6.49. The summed E-state index contributed by atoms with van der Waals surface area (Å²) in [5.74, 6) is -0.200. The Bertz CT molecular complexity index is 557. The number of nitrogens with zero attached hydrogens (tertiary/aromatic N) is 4. The summed E-state index contributed by atoms with van der Waals surface area (Å²) in [6, 6.07) is 0.0608. The maximum Gasteiger partial charge on any atom is 0.271 e. The highest BCUT2D eigenvalue weighted by Crippen LogP contribution is 2.22. The zero-order valence-electron chi connectivity index (χ0n) is 10.8. The van der Waals surface area contributed by atoms with E-state index in [1.165, 1.54) is 12.4 Å². The van der Waals surface area contributed by atoms with Crippen molar-refractivity contribution < 1.29 is 9.53 Å². The second-order valence-corrected chi connectivity index (χ2v) is 4.62. The first kappa shape index (κ1) is 12.7. The molecule has 0 aliphatic carbocycles. The van der Waals surface area contributed by atoms with Crippen molar-refractivity contribution in [1.29, 1.82) is 0 Å². The molecule has 1 N–H and O–H groups in total. The summed E-state index contributed by atoms with van der Waals surface area (Å²) in [5.41, 5.74) is 0.332. The van der Waals surface area contributed by atoms with Crippen LogP contribution in [0.2, 0.25) is 0 Å². The molecule has 1 aliphatic heterocycles. The lowest BCUT2D eigenvalue weighted by atomic mass is 10.1. The molecule has 0 spiro atoms. The third-order valence-corrected chi connectivity index (χ3v) is 3.25. The van der Waals surface area contributed by atoms with Crippen molar-refractivity contribution >= 4 is 5.91 Å². The molecule has 2 aromatic rings. The van der Waals surface area contributed by atoms with Crippen molar-refractivity contribution in [2.24, 2.45) is 0 Å². The maximum absolute atomic E-state index is 12.0. The lowest BCUT2D eigenvalue weighted by molar-refractivity contribution is -0.0431. The smallest absolute Gasteiger partial charge is 0.271 e. The number of carbonyl (C=O) groups is 1. The van der Waals surface area contributed by atoms with E-state index >= 15 is 0 Å². The Morgan fingerprint density at radius 3 is 3.05 bits per heavy atom. The molecule has 1 amide bonds. The van der Waals surface area contributed by atoms with Crippen molar-refractivity contribution in [3.8, 4) is 0 Å². The minimum absolute atomic E-state index is 0.0608. The summed E-state index contributed by atoms with van der Waals surface area (Å²) in [6.45, 7) is 0.605. The number of imidazole rings is 1. The molecule has 1 fully saturated rings. The van der Waals surface area contributed by atoms with Gasteiger partial charge in [-0.05, 0) is 6.42 Å². The second-order valence-electron chi connectivity index (χ2n) is 4.62. The molecule has 0 radical (unpaired) electrons.